The van der Waals surface area contributed by atoms with Crippen LogP contribution in [0.5, 0.6) is 5.75 Å². The van der Waals surface area contributed by atoms with Crippen LogP contribution in [0.3, 0.4) is 0 Å². The molecule has 1 rings (SSSR count). The molecule has 0 saturated heterocycles. The van der Waals surface area contributed by atoms with Crippen molar-refractivity contribution in [3.05, 3.63) is 29.8 Å². The summed E-state index contributed by atoms with van der Waals surface area (Å²) in [6.45, 7) is 8.34. The molecule has 1 aromatic carbocycles. The highest BCUT2D eigenvalue weighted by Crippen LogP contribution is 2.22. The van der Waals surface area contributed by atoms with Crippen LogP contribution in [0, 0.1) is 0 Å². The van der Waals surface area contributed by atoms with Crippen molar-refractivity contribution in [2.24, 2.45) is 5.73 Å². The maximum absolute atomic E-state index is 6.12. The number of hydrogen-bond acceptors (Lipinski definition) is 2. The molecule has 0 aliphatic rings. The summed E-state index contributed by atoms with van der Waals surface area (Å²) >= 11 is 0. The Kier molecular flexibility index (Phi) is 7.34. The van der Waals surface area contributed by atoms with Crippen molar-refractivity contribution in [2.75, 3.05) is 0 Å². The van der Waals surface area contributed by atoms with Gasteiger partial charge >= 0.3 is 0 Å². The van der Waals surface area contributed by atoms with Gasteiger partial charge in [0.05, 0.1) is 0 Å². The molecular weight excluding hydrogens is 246 g/mol. The summed E-state index contributed by atoms with van der Waals surface area (Å²) in [5.74, 6) is 0.906. The molecule has 0 saturated carbocycles. The lowest BCUT2D eigenvalue weighted by Gasteiger charge is -2.21. The van der Waals surface area contributed by atoms with E-state index < -0.39 is 0 Å². The van der Waals surface area contributed by atoms with Gasteiger partial charge in [-0.1, -0.05) is 31.9 Å². The van der Waals surface area contributed by atoms with Crippen molar-refractivity contribution in [3.63, 3.8) is 0 Å². The fourth-order valence-electron chi connectivity index (χ4n) is 1.73. The van der Waals surface area contributed by atoms with E-state index in [1.54, 1.807) is 0 Å². The van der Waals surface area contributed by atoms with Gasteiger partial charge in [-0.3, -0.25) is 0 Å². The predicted octanol–water partition coefficient (Wildman–Crippen LogP) is 4.48. The van der Waals surface area contributed by atoms with Gasteiger partial charge < -0.3 is 10.5 Å². The Morgan fingerprint density at radius 2 is 1.72 bits per heavy atom. The number of hydrogen-bond donors (Lipinski definition) is 1. The van der Waals surface area contributed by atoms with Crippen LogP contribution >= 0.6 is 12.4 Å². The zero-order chi connectivity index (χ0) is 12.9. The first-order chi connectivity index (χ1) is 7.92. The van der Waals surface area contributed by atoms with E-state index in [1.807, 2.05) is 32.9 Å². The minimum atomic E-state index is -0.147. The summed E-state index contributed by atoms with van der Waals surface area (Å²) in [5.41, 5.74) is 7.16. The summed E-state index contributed by atoms with van der Waals surface area (Å²) in [6.07, 6.45) is 3.43. The topological polar surface area (TPSA) is 35.2 Å². The van der Waals surface area contributed by atoms with E-state index in [2.05, 4.69) is 19.1 Å². The van der Waals surface area contributed by atoms with E-state index in [9.17, 15) is 0 Å². The molecule has 2 nitrogen and oxygen atoms in total. The maximum atomic E-state index is 6.12. The predicted molar refractivity (Wildman–Crippen MR) is 80.5 cm³/mol. The molecule has 3 heteroatoms. The molecule has 0 aliphatic heterocycles. The van der Waals surface area contributed by atoms with Crippen molar-refractivity contribution in [2.45, 2.75) is 58.6 Å². The quantitative estimate of drug-likeness (QED) is 0.857. The van der Waals surface area contributed by atoms with Crippen molar-refractivity contribution < 1.29 is 4.74 Å². The zero-order valence-electron chi connectivity index (χ0n) is 11.9. The SMILES string of the molecule is CCCC[C@@H](N)c1ccc(OC(C)(C)C)cc1.Cl. The van der Waals surface area contributed by atoms with E-state index in [-0.39, 0.29) is 24.0 Å². The smallest absolute Gasteiger partial charge is 0.120 e. The molecule has 1 atom stereocenters. The Morgan fingerprint density at radius 3 is 2.17 bits per heavy atom. The summed E-state index contributed by atoms with van der Waals surface area (Å²) in [4.78, 5) is 0. The molecular formula is C15H26ClNO. The fourth-order valence-corrected chi connectivity index (χ4v) is 1.73. The maximum Gasteiger partial charge on any atom is 0.120 e. The number of unbranched alkanes of at least 4 members (excludes halogenated alkanes) is 1. The minimum Gasteiger partial charge on any atom is -0.488 e. The van der Waals surface area contributed by atoms with Crippen molar-refractivity contribution in [1.82, 2.24) is 0 Å². The monoisotopic (exact) mass is 271 g/mol. The summed E-state index contributed by atoms with van der Waals surface area (Å²) in [7, 11) is 0. The van der Waals surface area contributed by atoms with Crippen LogP contribution in [0.2, 0.25) is 0 Å². The first-order valence-corrected chi connectivity index (χ1v) is 6.47. The Labute approximate surface area is 117 Å². The van der Waals surface area contributed by atoms with E-state index in [0.717, 1.165) is 12.2 Å². The molecule has 1 aromatic rings. The van der Waals surface area contributed by atoms with Gasteiger partial charge in [0, 0.05) is 6.04 Å². The van der Waals surface area contributed by atoms with Gasteiger partial charge in [-0.25, -0.2) is 0 Å². The first kappa shape index (κ1) is 17.3. The average molecular weight is 272 g/mol. The van der Waals surface area contributed by atoms with Crippen LogP contribution < -0.4 is 10.5 Å². The molecule has 104 valence electrons. The summed E-state index contributed by atoms with van der Waals surface area (Å²) < 4.78 is 5.78. The molecule has 0 amide bonds. The highest BCUT2D eigenvalue weighted by Gasteiger charge is 2.12. The van der Waals surface area contributed by atoms with E-state index in [1.165, 1.54) is 18.4 Å². The Morgan fingerprint density at radius 1 is 1.17 bits per heavy atom. The third-order valence-electron chi connectivity index (χ3n) is 2.60. The Hall–Kier alpha value is -0.730. The van der Waals surface area contributed by atoms with Crippen LogP contribution in [0.4, 0.5) is 0 Å². The van der Waals surface area contributed by atoms with Gasteiger partial charge in [-0.05, 0) is 44.9 Å². The number of benzene rings is 1. The highest BCUT2D eigenvalue weighted by atomic mass is 35.5. The molecule has 0 spiro atoms. The van der Waals surface area contributed by atoms with E-state index in [0.29, 0.717) is 0 Å². The number of ether oxygens (including phenoxy) is 1. The van der Waals surface area contributed by atoms with Crippen molar-refractivity contribution in [3.8, 4) is 5.75 Å². The standard InChI is InChI=1S/C15H25NO.ClH/c1-5-6-7-14(16)12-8-10-13(11-9-12)17-15(2,3)4;/h8-11,14H,5-7,16H2,1-4H3;1H/t14-;/m1./s1. The third-order valence-corrected chi connectivity index (χ3v) is 2.60. The number of halogens is 1. The second kappa shape index (κ2) is 7.65. The lowest BCUT2D eigenvalue weighted by atomic mass is 10.0. The van der Waals surface area contributed by atoms with Crippen LogP contribution in [0.15, 0.2) is 24.3 Å². The lowest BCUT2D eigenvalue weighted by Crippen LogP contribution is -2.22. The average Bonchev–Trinajstić information content (AvgIpc) is 2.24. The van der Waals surface area contributed by atoms with Crippen molar-refractivity contribution in [1.29, 1.82) is 0 Å². The molecule has 0 heterocycles. The van der Waals surface area contributed by atoms with E-state index >= 15 is 0 Å². The molecule has 0 aromatic heterocycles. The summed E-state index contributed by atoms with van der Waals surface area (Å²) in [5, 5.41) is 0. The molecule has 18 heavy (non-hydrogen) atoms. The van der Waals surface area contributed by atoms with Crippen LogP contribution in [0.1, 0.15) is 58.6 Å². The molecule has 0 unspecified atom stereocenters. The van der Waals surface area contributed by atoms with Gasteiger partial charge in [-0.2, -0.15) is 0 Å². The largest absolute Gasteiger partial charge is 0.488 e. The van der Waals surface area contributed by atoms with Gasteiger partial charge in [0.1, 0.15) is 11.4 Å². The van der Waals surface area contributed by atoms with Gasteiger partial charge in [0.2, 0.25) is 0 Å². The second-order valence-electron chi connectivity index (χ2n) is 5.53. The fraction of sp³-hybridized carbons (Fsp3) is 0.600. The van der Waals surface area contributed by atoms with Crippen LogP contribution in [-0.4, -0.2) is 5.60 Å². The molecule has 0 fully saturated rings. The molecule has 0 radical (unpaired) electrons. The van der Waals surface area contributed by atoms with Gasteiger partial charge in [-0.15, -0.1) is 12.4 Å². The van der Waals surface area contributed by atoms with Crippen LogP contribution in [-0.2, 0) is 0 Å². The third kappa shape index (κ3) is 6.27. The molecule has 2 N–H and O–H groups in total. The van der Waals surface area contributed by atoms with Crippen LogP contribution in [0.25, 0.3) is 0 Å². The number of rotatable bonds is 5. The highest BCUT2D eigenvalue weighted by molar-refractivity contribution is 5.85. The molecule has 0 aliphatic carbocycles. The zero-order valence-corrected chi connectivity index (χ0v) is 12.7. The Balaban J connectivity index is 0.00000289. The number of nitrogens with two attached hydrogens (primary N) is 1. The van der Waals surface area contributed by atoms with Gasteiger partial charge in [0.25, 0.3) is 0 Å². The Bertz CT molecular complexity index is 329. The van der Waals surface area contributed by atoms with E-state index in [4.69, 9.17) is 10.5 Å². The first-order valence-electron chi connectivity index (χ1n) is 6.47. The molecule has 0 bridgehead atoms. The lowest BCUT2D eigenvalue weighted by molar-refractivity contribution is 0.131. The minimum absolute atomic E-state index is 0. The summed E-state index contributed by atoms with van der Waals surface area (Å²) in [6, 6.07) is 8.31. The second-order valence-corrected chi connectivity index (χ2v) is 5.53. The van der Waals surface area contributed by atoms with Crippen molar-refractivity contribution >= 4 is 12.4 Å². The van der Waals surface area contributed by atoms with Gasteiger partial charge in [0.15, 0.2) is 0 Å². The normalized spacial score (nSPS) is 12.7.